The molecule has 0 aliphatic heterocycles. The van der Waals surface area contributed by atoms with Gasteiger partial charge in [-0.2, -0.15) is 18.3 Å². The maximum atomic E-state index is 12.6. The summed E-state index contributed by atoms with van der Waals surface area (Å²) >= 11 is 0. The Morgan fingerprint density at radius 1 is 1.15 bits per heavy atom. The number of aryl methyl sites for hydroxylation is 2. The fourth-order valence-electron chi connectivity index (χ4n) is 2.38. The van der Waals surface area contributed by atoms with Crippen LogP contribution in [0.15, 0.2) is 29.2 Å². The van der Waals surface area contributed by atoms with Crippen LogP contribution in [0.3, 0.4) is 0 Å². The van der Waals surface area contributed by atoms with E-state index in [1.807, 2.05) is 0 Å². The van der Waals surface area contributed by atoms with Gasteiger partial charge in [-0.3, -0.25) is 4.68 Å². The van der Waals surface area contributed by atoms with Gasteiger partial charge in [0.1, 0.15) is 0 Å². The number of halogens is 3. The summed E-state index contributed by atoms with van der Waals surface area (Å²) in [6.07, 6.45) is -4.24. The molecular weight excluding hydrogens is 387 g/mol. The molecule has 0 fully saturated rings. The molecule has 27 heavy (non-hydrogen) atoms. The van der Waals surface area contributed by atoms with Crippen LogP contribution in [0.4, 0.5) is 13.2 Å². The third kappa shape index (κ3) is 5.13. The van der Waals surface area contributed by atoms with Crippen molar-refractivity contribution in [3.8, 4) is 11.5 Å². The van der Waals surface area contributed by atoms with Gasteiger partial charge < -0.3 is 9.47 Å². The zero-order valence-corrected chi connectivity index (χ0v) is 15.8. The van der Waals surface area contributed by atoms with Gasteiger partial charge >= 0.3 is 6.18 Å². The Balaban J connectivity index is 1.98. The molecular formula is C16H20F3N3O4S. The van der Waals surface area contributed by atoms with E-state index < -0.39 is 21.9 Å². The van der Waals surface area contributed by atoms with Crippen LogP contribution in [0.25, 0.3) is 0 Å². The number of hydrogen-bond donors (Lipinski definition) is 1. The normalized spacial score (nSPS) is 12.2. The van der Waals surface area contributed by atoms with Crippen molar-refractivity contribution in [1.82, 2.24) is 14.5 Å². The molecule has 1 aromatic carbocycles. The monoisotopic (exact) mass is 407 g/mol. The summed E-state index contributed by atoms with van der Waals surface area (Å²) in [5, 5.41) is 3.50. The fraction of sp³-hybridized carbons (Fsp3) is 0.438. The van der Waals surface area contributed by atoms with Crippen LogP contribution in [0.1, 0.15) is 17.8 Å². The Hall–Kier alpha value is -2.27. The highest BCUT2D eigenvalue weighted by molar-refractivity contribution is 7.89. The minimum absolute atomic E-state index is 0.00484. The van der Waals surface area contributed by atoms with Crippen molar-refractivity contribution in [2.24, 2.45) is 0 Å². The molecule has 0 unspecified atom stereocenters. The zero-order valence-electron chi connectivity index (χ0n) is 15.0. The topological polar surface area (TPSA) is 82.5 Å². The average molecular weight is 407 g/mol. The highest BCUT2D eigenvalue weighted by Gasteiger charge is 2.34. The van der Waals surface area contributed by atoms with Crippen LogP contribution >= 0.6 is 0 Å². The maximum absolute atomic E-state index is 12.6. The third-order valence-electron chi connectivity index (χ3n) is 3.78. The number of nitrogens with one attached hydrogen (secondary N) is 1. The summed E-state index contributed by atoms with van der Waals surface area (Å²) < 4.78 is 76.3. The molecule has 0 atom stereocenters. The molecule has 2 rings (SSSR count). The van der Waals surface area contributed by atoms with Gasteiger partial charge in [0, 0.05) is 24.8 Å². The number of rotatable bonds is 8. The largest absolute Gasteiger partial charge is 0.493 e. The lowest BCUT2D eigenvalue weighted by Crippen LogP contribution is -2.25. The first-order chi connectivity index (χ1) is 12.6. The summed E-state index contributed by atoms with van der Waals surface area (Å²) in [6, 6.07) is 5.12. The number of methoxy groups -OCH3 is 2. The summed E-state index contributed by atoms with van der Waals surface area (Å²) in [7, 11) is -0.967. The number of ether oxygens (including phenoxy) is 2. The quantitative estimate of drug-likeness (QED) is 0.681. The van der Waals surface area contributed by atoms with E-state index in [1.54, 1.807) is 0 Å². The number of sulfonamides is 1. The minimum Gasteiger partial charge on any atom is -0.493 e. The van der Waals surface area contributed by atoms with E-state index in [2.05, 4.69) is 9.82 Å². The van der Waals surface area contributed by atoms with Gasteiger partial charge in [0.25, 0.3) is 0 Å². The average Bonchev–Trinajstić information content (AvgIpc) is 2.99. The van der Waals surface area contributed by atoms with Gasteiger partial charge in [0.05, 0.1) is 19.1 Å². The Labute approximate surface area is 155 Å². The van der Waals surface area contributed by atoms with Crippen LogP contribution in [-0.4, -0.2) is 39.0 Å². The van der Waals surface area contributed by atoms with Gasteiger partial charge in [0.2, 0.25) is 10.0 Å². The lowest BCUT2D eigenvalue weighted by Gasteiger charge is -2.11. The predicted molar refractivity (Wildman–Crippen MR) is 91.3 cm³/mol. The number of aromatic nitrogens is 2. The van der Waals surface area contributed by atoms with Crippen molar-refractivity contribution in [2.45, 2.75) is 31.0 Å². The summed E-state index contributed by atoms with van der Waals surface area (Å²) in [6.45, 7) is 1.70. The summed E-state index contributed by atoms with van der Waals surface area (Å²) in [5.74, 6) is 0.665. The van der Waals surface area contributed by atoms with E-state index >= 15 is 0 Å². The molecule has 0 spiro atoms. The molecule has 2 aromatic rings. The van der Waals surface area contributed by atoms with Crippen LogP contribution in [0.2, 0.25) is 0 Å². The van der Waals surface area contributed by atoms with Crippen molar-refractivity contribution >= 4 is 10.0 Å². The van der Waals surface area contributed by atoms with Crippen molar-refractivity contribution in [3.63, 3.8) is 0 Å². The van der Waals surface area contributed by atoms with Gasteiger partial charge in [-0.1, -0.05) is 0 Å². The molecule has 11 heteroatoms. The first-order valence-electron chi connectivity index (χ1n) is 7.92. The van der Waals surface area contributed by atoms with Crippen LogP contribution in [0, 0.1) is 6.92 Å². The van der Waals surface area contributed by atoms with Crippen molar-refractivity contribution in [1.29, 1.82) is 0 Å². The minimum atomic E-state index is -4.51. The Morgan fingerprint density at radius 2 is 1.81 bits per heavy atom. The van der Waals surface area contributed by atoms with Crippen LogP contribution in [-0.2, 0) is 22.7 Å². The van der Waals surface area contributed by atoms with Gasteiger partial charge in [-0.15, -0.1) is 0 Å². The van der Waals surface area contributed by atoms with Crippen molar-refractivity contribution in [2.75, 3.05) is 20.8 Å². The molecule has 1 heterocycles. The molecule has 150 valence electrons. The zero-order chi connectivity index (χ0) is 20.2. The van der Waals surface area contributed by atoms with Crippen molar-refractivity contribution in [3.05, 3.63) is 35.7 Å². The molecule has 0 aliphatic carbocycles. The molecule has 7 nitrogen and oxygen atoms in total. The SMILES string of the molecule is COc1ccc(S(=O)(=O)NCCCn2nc(C(F)(F)F)cc2C)cc1OC. The first kappa shape index (κ1) is 21.0. The molecule has 0 saturated carbocycles. The molecule has 1 N–H and O–H groups in total. The molecule has 0 bridgehead atoms. The van der Waals surface area contributed by atoms with Crippen LogP contribution in [0.5, 0.6) is 11.5 Å². The predicted octanol–water partition coefficient (Wildman–Crippen LogP) is 2.60. The molecule has 1 aromatic heterocycles. The lowest BCUT2D eigenvalue weighted by molar-refractivity contribution is -0.141. The van der Waals surface area contributed by atoms with Gasteiger partial charge in [-0.25, -0.2) is 13.1 Å². The lowest BCUT2D eigenvalue weighted by atomic mass is 10.3. The number of nitrogens with zero attached hydrogens (tertiary/aromatic N) is 2. The van der Waals surface area contributed by atoms with E-state index in [1.165, 1.54) is 44.0 Å². The Morgan fingerprint density at radius 3 is 2.37 bits per heavy atom. The van der Waals surface area contributed by atoms with Crippen LogP contribution < -0.4 is 14.2 Å². The highest BCUT2D eigenvalue weighted by Crippen LogP contribution is 2.29. The number of alkyl halides is 3. The third-order valence-corrected chi connectivity index (χ3v) is 5.23. The number of benzene rings is 1. The standard InChI is InChI=1S/C16H20F3N3O4S/c1-11-9-15(16(17,18)19)21-22(11)8-4-7-20-27(23,24)12-5-6-13(25-2)14(10-12)26-3/h5-6,9-10,20H,4,7-8H2,1-3H3. The van der Waals surface area contributed by atoms with E-state index in [4.69, 9.17) is 9.47 Å². The van der Waals surface area contributed by atoms with E-state index in [0.717, 1.165) is 6.07 Å². The molecule has 0 saturated heterocycles. The number of hydrogen-bond acceptors (Lipinski definition) is 5. The smallest absolute Gasteiger partial charge is 0.435 e. The van der Waals surface area contributed by atoms with E-state index in [9.17, 15) is 21.6 Å². The van der Waals surface area contributed by atoms with Crippen molar-refractivity contribution < 1.29 is 31.1 Å². The summed E-state index contributed by atoms with van der Waals surface area (Å²) in [4.78, 5) is -0.00484. The Bertz CT molecular complexity index is 895. The first-order valence-corrected chi connectivity index (χ1v) is 9.40. The van der Waals surface area contributed by atoms with E-state index in [0.29, 0.717) is 11.4 Å². The van der Waals surface area contributed by atoms with Gasteiger partial charge in [-0.05, 0) is 31.5 Å². The molecule has 0 amide bonds. The molecule has 0 radical (unpaired) electrons. The maximum Gasteiger partial charge on any atom is 0.435 e. The molecule has 0 aliphatic rings. The van der Waals surface area contributed by atoms with Gasteiger partial charge in [0.15, 0.2) is 17.2 Å². The highest BCUT2D eigenvalue weighted by atomic mass is 32.2. The fourth-order valence-corrected chi connectivity index (χ4v) is 3.47. The second-order valence-electron chi connectivity index (χ2n) is 5.66. The Kier molecular flexibility index (Phi) is 6.37. The van der Waals surface area contributed by atoms with E-state index in [-0.39, 0.29) is 30.2 Å². The second-order valence-corrected chi connectivity index (χ2v) is 7.43. The second kappa shape index (κ2) is 8.17. The summed E-state index contributed by atoms with van der Waals surface area (Å²) in [5.41, 5.74) is -0.615.